The van der Waals surface area contributed by atoms with Crippen LogP contribution in [0.2, 0.25) is 0 Å². The number of unbranched alkanes of at least 4 members (excludes halogenated alkanes) is 5. The molecule has 1 amide bonds. The Morgan fingerprint density at radius 1 is 1.03 bits per heavy atom. The predicted octanol–water partition coefficient (Wildman–Crippen LogP) is 7.56. The van der Waals surface area contributed by atoms with E-state index in [9.17, 15) is 4.79 Å². The second-order valence-electron chi connectivity index (χ2n) is 8.54. The molecule has 2 heterocycles. The lowest BCUT2D eigenvalue weighted by Crippen LogP contribution is -2.40. The summed E-state index contributed by atoms with van der Waals surface area (Å²) in [7, 11) is 0. The van der Waals surface area contributed by atoms with Gasteiger partial charge < -0.3 is 4.42 Å². The maximum atomic E-state index is 13.2. The van der Waals surface area contributed by atoms with Crippen LogP contribution in [-0.2, 0) is 11.2 Å². The van der Waals surface area contributed by atoms with Crippen LogP contribution >= 0.6 is 24.0 Å². The van der Waals surface area contributed by atoms with Crippen molar-refractivity contribution in [3.8, 4) is 11.3 Å². The number of rotatable bonds is 12. The summed E-state index contributed by atoms with van der Waals surface area (Å²) >= 11 is 7.15. The van der Waals surface area contributed by atoms with Crippen molar-refractivity contribution in [3.05, 3.63) is 47.7 Å². The van der Waals surface area contributed by atoms with E-state index in [1.165, 1.54) is 55.9 Å². The van der Waals surface area contributed by atoms with Crippen molar-refractivity contribution < 1.29 is 9.21 Å². The summed E-state index contributed by atoms with van der Waals surface area (Å²) in [4.78, 5) is 15.1. The van der Waals surface area contributed by atoms with E-state index in [0.29, 0.717) is 6.42 Å². The van der Waals surface area contributed by atoms with Gasteiger partial charge in [-0.1, -0.05) is 106 Å². The van der Waals surface area contributed by atoms with Crippen LogP contribution in [0, 0.1) is 6.92 Å². The monoisotopic (exact) mass is 457 g/mol. The van der Waals surface area contributed by atoms with E-state index in [4.69, 9.17) is 16.6 Å². The second kappa shape index (κ2) is 11.9. The first-order valence-electron chi connectivity index (χ1n) is 11.7. The van der Waals surface area contributed by atoms with Crippen molar-refractivity contribution >= 4 is 34.2 Å². The fourth-order valence-electron chi connectivity index (χ4n) is 4.15. The molecule has 2 unspecified atom stereocenters. The van der Waals surface area contributed by atoms with Gasteiger partial charge in [0, 0.05) is 18.0 Å². The summed E-state index contributed by atoms with van der Waals surface area (Å²) < 4.78 is 6.80. The van der Waals surface area contributed by atoms with Crippen LogP contribution in [0.25, 0.3) is 11.3 Å². The first-order chi connectivity index (χ1) is 15.0. The van der Waals surface area contributed by atoms with E-state index in [-0.39, 0.29) is 17.2 Å². The Kier molecular flexibility index (Phi) is 9.21. The third-order valence-electron chi connectivity index (χ3n) is 6.06. The lowest BCUT2D eigenvalue weighted by molar-refractivity contribution is -0.127. The molecule has 1 aromatic heterocycles. The van der Waals surface area contributed by atoms with E-state index >= 15 is 0 Å². The summed E-state index contributed by atoms with van der Waals surface area (Å²) in [6.07, 6.45) is 10.2. The SMILES string of the molecule is CCCCCCCCC(CC)N1C(=O)C(Cc2ccc(-c3ccc(C)cc3)o2)SC1=S. The molecule has 1 aliphatic heterocycles. The van der Waals surface area contributed by atoms with Crippen LogP contribution in [0.15, 0.2) is 40.8 Å². The number of benzene rings is 1. The summed E-state index contributed by atoms with van der Waals surface area (Å²) in [5.41, 5.74) is 2.29. The number of nitrogens with zero attached hydrogens (tertiary/aromatic N) is 1. The highest BCUT2D eigenvalue weighted by Gasteiger charge is 2.40. The Bertz CT molecular complexity index is 859. The van der Waals surface area contributed by atoms with Gasteiger partial charge >= 0.3 is 0 Å². The number of carbonyl (C=O) groups excluding carboxylic acids is 1. The Morgan fingerprint density at radius 3 is 2.45 bits per heavy atom. The third-order valence-corrected chi connectivity index (χ3v) is 7.60. The molecule has 1 saturated heterocycles. The maximum Gasteiger partial charge on any atom is 0.242 e. The van der Waals surface area contributed by atoms with Gasteiger partial charge in [0.1, 0.15) is 15.8 Å². The van der Waals surface area contributed by atoms with Crippen LogP contribution in [0.5, 0.6) is 0 Å². The Labute approximate surface area is 197 Å². The van der Waals surface area contributed by atoms with Crippen molar-refractivity contribution in [3.63, 3.8) is 0 Å². The minimum atomic E-state index is -0.178. The van der Waals surface area contributed by atoms with Crippen molar-refractivity contribution in [2.24, 2.45) is 0 Å². The number of hydrogen-bond acceptors (Lipinski definition) is 4. The summed E-state index contributed by atoms with van der Waals surface area (Å²) in [5.74, 6) is 1.84. The highest BCUT2D eigenvalue weighted by Crippen LogP contribution is 2.34. The zero-order chi connectivity index (χ0) is 22.2. The largest absolute Gasteiger partial charge is 0.461 e. The van der Waals surface area contributed by atoms with Gasteiger partial charge in [-0.3, -0.25) is 9.69 Å². The summed E-state index contributed by atoms with van der Waals surface area (Å²) in [6.45, 7) is 6.48. The van der Waals surface area contributed by atoms with Gasteiger partial charge in [0.25, 0.3) is 0 Å². The zero-order valence-electron chi connectivity index (χ0n) is 19.1. The average Bonchev–Trinajstić information content (AvgIpc) is 3.33. The normalized spacial score (nSPS) is 17.5. The second-order valence-corrected chi connectivity index (χ2v) is 10.4. The maximum absolute atomic E-state index is 13.2. The molecular weight excluding hydrogens is 422 g/mol. The lowest BCUT2D eigenvalue weighted by Gasteiger charge is -2.26. The summed E-state index contributed by atoms with van der Waals surface area (Å²) in [6, 6.07) is 12.5. The molecule has 1 fully saturated rings. The molecule has 1 aliphatic rings. The first-order valence-corrected chi connectivity index (χ1v) is 13.0. The number of thiocarbonyl (C=S) groups is 1. The van der Waals surface area contributed by atoms with Gasteiger partial charge in [-0.2, -0.15) is 0 Å². The van der Waals surface area contributed by atoms with E-state index in [2.05, 4.69) is 45.0 Å². The van der Waals surface area contributed by atoms with Crippen LogP contribution in [-0.4, -0.2) is 26.4 Å². The Balaban J connectivity index is 1.56. The molecule has 2 atom stereocenters. The van der Waals surface area contributed by atoms with E-state index in [0.717, 1.165) is 34.2 Å². The smallest absolute Gasteiger partial charge is 0.242 e. The molecule has 0 aliphatic carbocycles. The highest BCUT2D eigenvalue weighted by molar-refractivity contribution is 8.24. The first kappa shape index (κ1) is 24.1. The molecule has 3 rings (SSSR count). The Morgan fingerprint density at radius 2 is 1.74 bits per heavy atom. The Hall–Kier alpha value is -1.59. The van der Waals surface area contributed by atoms with Crippen molar-refractivity contribution in [2.45, 2.75) is 89.9 Å². The van der Waals surface area contributed by atoms with Crippen LogP contribution < -0.4 is 0 Å². The molecule has 0 N–H and O–H groups in total. The molecule has 0 bridgehead atoms. The minimum absolute atomic E-state index is 0.154. The fourth-order valence-corrected chi connectivity index (χ4v) is 5.80. The van der Waals surface area contributed by atoms with Crippen molar-refractivity contribution in [1.82, 2.24) is 4.90 Å². The van der Waals surface area contributed by atoms with E-state index in [1.54, 1.807) is 0 Å². The standard InChI is InChI=1S/C26H35NO2S2/c1-4-6-7-8-9-10-11-21(5-2)27-25(28)24(31-26(27)30)18-22-16-17-23(29-22)20-14-12-19(3)13-15-20/h12-17,21,24H,4-11,18H2,1-3H3. The van der Waals surface area contributed by atoms with Crippen LogP contribution in [0.1, 0.15) is 76.5 Å². The van der Waals surface area contributed by atoms with Gasteiger partial charge in [0.2, 0.25) is 5.91 Å². The number of aryl methyl sites for hydroxylation is 1. The van der Waals surface area contributed by atoms with E-state index in [1.807, 2.05) is 17.0 Å². The molecular formula is C26H35NO2S2. The molecule has 1 aromatic carbocycles. The quantitative estimate of drug-likeness (QED) is 0.243. The highest BCUT2D eigenvalue weighted by atomic mass is 32.2. The minimum Gasteiger partial charge on any atom is -0.461 e. The third kappa shape index (κ3) is 6.45. The number of thioether (sulfide) groups is 1. The van der Waals surface area contributed by atoms with Gasteiger partial charge in [-0.05, 0) is 31.9 Å². The molecule has 5 heteroatoms. The molecule has 2 aromatic rings. The lowest BCUT2D eigenvalue weighted by atomic mass is 10.0. The average molecular weight is 458 g/mol. The van der Waals surface area contributed by atoms with Gasteiger partial charge in [-0.25, -0.2) is 0 Å². The molecule has 0 spiro atoms. The predicted molar refractivity (Wildman–Crippen MR) is 135 cm³/mol. The van der Waals surface area contributed by atoms with Gasteiger partial charge in [0.15, 0.2) is 0 Å². The van der Waals surface area contributed by atoms with E-state index < -0.39 is 0 Å². The molecule has 3 nitrogen and oxygen atoms in total. The molecule has 31 heavy (non-hydrogen) atoms. The summed E-state index contributed by atoms with van der Waals surface area (Å²) in [5, 5.41) is -0.178. The number of carbonyl (C=O) groups is 1. The van der Waals surface area contributed by atoms with Crippen molar-refractivity contribution in [1.29, 1.82) is 0 Å². The number of furan rings is 1. The zero-order valence-corrected chi connectivity index (χ0v) is 20.7. The molecule has 0 radical (unpaired) electrons. The topological polar surface area (TPSA) is 33.5 Å². The fraction of sp³-hybridized carbons (Fsp3) is 0.538. The molecule has 0 saturated carbocycles. The van der Waals surface area contributed by atoms with Crippen molar-refractivity contribution in [2.75, 3.05) is 0 Å². The van der Waals surface area contributed by atoms with Gasteiger partial charge in [0.05, 0.1) is 5.25 Å². The number of hydrogen-bond donors (Lipinski definition) is 0. The molecule has 168 valence electrons. The van der Waals surface area contributed by atoms with Crippen LogP contribution in [0.4, 0.5) is 0 Å². The van der Waals surface area contributed by atoms with Gasteiger partial charge in [-0.15, -0.1) is 0 Å². The van der Waals surface area contributed by atoms with Crippen LogP contribution in [0.3, 0.4) is 0 Å². The number of amides is 1.